The zero-order valence-electron chi connectivity index (χ0n) is 35.1. The number of benzene rings is 10. The van der Waals surface area contributed by atoms with Crippen molar-refractivity contribution >= 4 is 75.8 Å². The summed E-state index contributed by atoms with van der Waals surface area (Å²) in [7, 11) is 0. The molecule has 0 N–H and O–H groups in total. The van der Waals surface area contributed by atoms with Gasteiger partial charge in [0.15, 0.2) is 0 Å². The van der Waals surface area contributed by atoms with Gasteiger partial charge in [-0.1, -0.05) is 145 Å². The zero-order valence-corrected chi connectivity index (χ0v) is 27.1. The van der Waals surface area contributed by atoms with Crippen LogP contribution in [0.25, 0.3) is 109 Å². The second-order valence-corrected chi connectivity index (χ2v) is 13.0. The molecule has 0 amide bonds. The van der Waals surface area contributed by atoms with Crippen molar-refractivity contribution in [2.75, 3.05) is 0 Å². The molecule has 0 atom stereocenters. The van der Waals surface area contributed by atoms with Crippen LogP contribution in [0.15, 0.2) is 186 Å². The van der Waals surface area contributed by atoms with E-state index in [9.17, 15) is 5.48 Å². The molecule has 0 saturated carbocycles. The summed E-state index contributed by atoms with van der Waals surface area (Å²) in [5, 5.41) is 8.34. The molecule has 51 heavy (non-hydrogen) atoms. The molecule has 0 saturated heterocycles. The van der Waals surface area contributed by atoms with Crippen LogP contribution in [0.2, 0.25) is 0 Å². The summed E-state index contributed by atoms with van der Waals surface area (Å²) in [6, 6.07) is 40.6. The SMILES string of the molecule is [2H]c1c([2H])c([2H])c2c(-c3cc4ccccc4cc3-c3ccc4oc5ccc6ccccc6c5c4c3)c3c([2H])c([2H])c([2H])c([2H])c3c(-c3ccc4ccccc4c3)c2c1[2H]. The Labute approximate surface area is 305 Å². The molecule has 10 aromatic carbocycles. The van der Waals surface area contributed by atoms with Crippen molar-refractivity contribution in [2.45, 2.75) is 0 Å². The number of hydrogen-bond donors (Lipinski definition) is 0. The molecule has 0 aliphatic rings. The molecular weight excluding hydrogens is 617 g/mol. The highest BCUT2D eigenvalue weighted by Crippen LogP contribution is 2.48. The van der Waals surface area contributed by atoms with Gasteiger partial charge in [-0.25, -0.2) is 0 Å². The summed E-state index contributed by atoms with van der Waals surface area (Å²) in [5.74, 6) is 0. The van der Waals surface area contributed by atoms with Gasteiger partial charge in [-0.05, 0) is 124 Å². The highest BCUT2D eigenvalue weighted by molar-refractivity contribution is 6.24. The van der Waals surface area contributed by atoms with Crippen LogP contribution in [0, 0.1) is 0 Å². The lowest BCUT2D eigenvalue weighted by Gasteiger charge is -2.20. The maximum atomic E-state index is 9.60. The maximum absolute atomic E-state index is 9.60. The Hall–Kier alpha value is -6.70. The van der Waals surface area contributed by atoms with Crippen LogP contribution < -0.4 is 0 Å². The Morgan fingerprint density at radius 3 is 1.59 bits per heavy atom. The van der Waals surface area contributed by atoms with Gasteiger partial charge in [-0.2, -0.15) is 0 Å². The van der Waals surface area contributed by atoms with Crippen molar-refractivity contribution in [1.82, 2.24) is 0 Å². The van der Waals surface area contributed by atoms with E-state index in [1.54, 1.807) is 0 Å². The minimum Gasteiger partial charge on any atom is -0.456 e. The predicted octanol–water partition coefficient (Wildman–Crippen LogP) is 14.4. The van der Waals surface area contributed by atoms with E-state index < -0.39 is 24.2 Å². The van der Waals surface area contributed by atoms with Crippen LogP contribution in [-0.4, -0.2) is 0 Å². The Kier molecular flexibility index (Phi) is 4.57. The van der Waals surface area contributed by atoms with Crippen molar-refractivity contribution in [1.29, 1.82) is 0 Å². The number of rotatable bonds is 3. The molecule has 11 aromatic rings. The van der Waals surface area contributed by atoms with Crippen LogP contribution in [0.3, 0.4) is 0 Å². The monoisotopic (exact) mass is 654 g/mol. The Morgan fingerprint density at radius 2 is 0.882 bits per heavy atom. The van der Waals surface area contributed by atoms with E-state index in [0.717, 1.165) is 59.8 Å². The van der Waals surface area contributed by atoms with Crippen molar-refractivity contribution in [3.8, 4) is 33.4 Å². The fourth-order valence-corrected chi connectivity index (χ4v) is 7.93. The molecule has 1 heteroatoms. The third kappa shape index (κ3) is 4.28. The summed E-state index contributed by atoms with van der Waals surface area (Å²) in [5.41, 5.74) is 4.76. The Balaban J connectivity index is 1.36. The summed E-state index contributed by atoms with van der Waals surface area (Å²) >= 11 is 0. The molecule has 0 bridgehead atoms. The molecule has 0 aliphatic heterocycles. The first-order chi connectivity index (χ1) is 28.6. The van der Waals surface area contributed by atoms with Gasteiger partial charge in [0.25, 0.3) is 0 Å². The quantitative estimate of drug-likeness (QED) is 0.173. The molecule has 11 rings (SSSR count). The highest BCUT2D eigenvalue weighted by Gasteiger charge is 2.21. The van der Waals surface area contributed by atoms with E-state index in [0.29, 0.717) is 27.8 Å². The molecule has 0 aliphatic carbocycles. The number of furan rings is 1. The van der Waals surface area contributed by atoms with Crippen molar-refractivity contribution in [2.24, 2.45) is 0 Å². The van der Waals surface area contributed by atoms with Crippen LogP contribution in [-0.2, 0) is 0 Å². The average molecular weight is 655 g/mol. The molecule has 236 valence electrons. The molecule has 0 spiro atoms. The summed E-state index contributed by atoms with van der Waals surface area (Å²) < 4.78 is 80.4. The average Bonchev–Trinajstić information content (AvgIpc) is 3.65. The standard InChI is InChI=1S/C50H30O/c1-2-13-33-27-37(22-21-31(33)11-1)48-39-17-7-9-19-41(39)49(42-20-10-8-18-40(42)48)44-29-35-15-4-3-14-34(35)28-43(44)36-24-25-46-45(30-36)50-38-16-6-5-12-32(38)23-26-47(50)51-46/h1-30H/i7D,8D,9D,10D,17D,18D,19D,20D. The van der Waals surface area contributed by atoms with Gasteiger partial charge in [0, 0.05) is 10.8 Å². The minimum absolute atomic E-state index is 0.175. The van der Waals surface area contributed by atoms with E-state index in [-0.39, 0.29) is 45.7 Å². The maximum Gasteiger partial charge on any atom is 0.136 e. The largest absolute Gasteiger partial charge is 0.456 e. The van der Waals surface area contributed by atoms with Gasteiger partial charge in [0.2, 0.25) is 0 Å². The van der Waals surface area contributed by atoms with E-state index >= 15 is 0 Å². The lowest BCUT2D eigenvalue weighted by atomic mass is 9.82. The number of fused-ring (bicyclic) bond motifs is 9. The third-order valence-electron chi connectivity index (χ3n) is 10.2. The van der Waals surface area contributed by atoms with Crippen LogP contribution in [0.5, 0.6) is 0 Å². The smallest absolute Gasteiger partial charge is 0.136 e. The van der Waals surface area contributed by atoms with Gasteiger partial charge in [-0.3, -0.25) is 0 Å². The zero-order chi connectivity index (χ0) is 40.4. The van der Waals surface area contributed by atoms with Gasteiger partial charge >= 0.3 is 0 Å². The number of hydrogen-bond acceptors (Lipinski definition) is 1. The fourth-order valence-electron chi connectivity index (χ4n) is 7.93. The van der Waals surface area contributed by atoms with Gasteiger partial charge in [0.1, 0.15) is 11.2 Å². The van der Waals surface area contributed by atoms with Crippen LogP contribution in [0.1, 0.15) is 11.0 Å². The topological polar surface area (TPSA) is 13.1 Å². The summed E-state index contributed by atoms with van der Waals surface area (Å²) in [6.45, 7) is 0. The normalized spacial score (nSPS) is 14.1. The summed E-state index contributed by atoms with van der Waals surface area (Å²) in [6.07, 6.45) is 0. The summed E-state index contributed by atoms with van der Waals surface area (Å²) in [4.78, 5) is 0. The first kappa shape index (κ1) is 21.4. The van der Waals surface area contributed by atoms with E-state index in [1.165, 1.54) is 0 Å². The van der Waals surface area contributed by atoms with Gasteiger partial charge < -0.3 is 4.42 Å². The minimum atomic E-state index is -0.436. The van der Waals surface area contributed by atoms with Crippen molar-refractivity contribution in [3.63, 3.8) is 0 Å². The van der Waals surface area contributed by atoms with Gasteiger partial charge in [0.05, 0.1) is 11.0 Å². The highest BCUT2D eigenvalue weighted by atomic mass is 16.3. The second-order valence-electron chi connectivity index (χ2n) is 13.0. The molecule has 0 unspecified atom stereocenters. The fraction of sp³-hybridized carbons (Fsp3) is 0. The lowest BCUT2D eigenvalue weighted by molar-refractivity contribution is 0.669. The lowest BCUT2D eigenvalue weighted by Crippen LogP contribution is -1.93. The van der Waals surface area contributed by atoms with Gasteiger partial charge in [-0.15, -0.1) is 0 Å². The van der Waals surface area contributed by atoms with Crippen LogP contribution >= 0.6 is 0 Å². The molecule has 0 radical (unpaired) electrons. The van der Waals surface area contributed by atoms with E-state index in [2.05, 4.69) is 24.3 Å². The first-order valence-corrected chi connectivity index (χ1v) is 16.9. The van der Waals surface area contributed by atoms with E-state index in [4.69, 9.17) is 9.90 Å². The predicted molar refractivity (Wildman–Crippen MR) is 218 cm³/mol. The van der Waals surface area contributed by atoms with Crippen molar-refractivity contribution < 1.29 is 15.4 Å². The first-order valence-electron chi connectivity index (χ1n) is 20.9. The molecule has 1 nitrogen and oxygen atoms in total. The molecule has 0 fully saturated rings. The Morgan fingerprint density at radius 1 is 0.353 bits per heavy atom. The molecule has 1 aromatic heterocycles. The van der Waals surface area contributed by atoms with Crippen molar-refractivity contribution in [3.05, 3.63) is 182 Å². The second kappa shape index (κ2) is 10.9. The molecule has 1 heterocycles. The third-order valence-corrected chi connectivity index (χ3v) is 10.2. The van der Waals surface area contributed by atoms with Crippen LogP contribution in [0.4, 0.5) is 0 Å². The Bertz CT molecular complexity index is 3580. The molecular formula is C50H30O. The van der Waals surface area contributed by atoms with E-state index in [1.807, 2.05) is 109 Å².